The molecule has 0 fully saturated rings. The first-order chi connectivity index (χ1) is 10.6. The van der Waals surface area contributed by atoms with Gasteiger partial charge in [-0.15, -0.1) is 11.3 Å². The Morgan fingerprint density at radius 2 is 2.09 bits per heavy atom. The van der Waals surface area contributed by atoms with Crippen molar-refractivity contribution in [2.24, 2.45) is 10.3 Å². The third kappa shape index (κ3) is 3.89. The Morgan fingerprint density at radius 1 is 1.36 bits per heavy atom. The van der Waals surface area contributed by atoms with Crippen LogP contribution in [0.1, 0.15) is 18.2 Å². The largest absolute Gasteiger partial charge is 0.476 e. The van der Waals surface area contributed by atoms with Crippen LogP contribution in [-0.2, 0) is 9.63 Å². The first kappa shape index (κ1) is 15.6. The van der Waals surface area contributed by atoms with Crippen molar-refractivity contribution in [2.45, 2.75) is 6.92 Å². The molecular weight excluding hydrogens is 304 g/mol. The summed E-state index contributed by atoms with van der Waals surface area (Å²) < 4.78 is 0. The van der Waals surface area contributed by atoms with Crippen molar-refractivity contribution in [1.29, 1.82) is 0 Å². The van der Waals surface area contributed by atoms with E-state index in [2.05, 4.69) is 25.5 Å². The normalized spacial score (nSPS) is 12.1. The number of rotatable bonds is 6. The first-order valence-electron chi connectivity index (χ1n) is 6.28. The molecule has 0 saturated carbocycles. The molecule has 0 amide bonds. The van der Waals surface area contributed by atoms with Crippen LogP contribution >= 0.6 is 11.3 Å². The summed E-state index contributed by atoms with van der Waals surface area (Å²) in [5.41, 5.74) is 4.55. The number of benzene rings is 1. The minimum absolute atomic E-state index is 0.217. The van der Waals surface area contributed by atoms with Crippen molar-refractivity contribution in [3.05, 3.63) is 47.0 Å². The lowest BCUT2D eigenvalue weighted by Gasteiger charge is -2.00. The van der Waals surface area contributed by atoms with Gasteiger partial charge in [0.2, 0.25) is 10.8 Å². The van der Waals surface area contributed by atoms with Crippen LogP contribution in [0.5, 0.6) is 0 Å². The number of thiazole rings is 1. The van der Waals surface area contributed by atoms with Gasteiger partial charge < -0.3 is 9.94 Å². The third-order valence-corrected chi connectivity index (χ3v) is 3.39. The summed E-state index contributed by atoms with van der Waals surface area (Å²) in [7, 11) is 1.28. The van der Waals surface area contributed by atoms with Crippen molar-refractivity contribution >= 4 is 33.9 Å². The molecule has 0 radical (unpaired) electrons. The Labute approximate surface area is 131 Å². The zero-order valence-electron chi connectivity index (χ0n) is 12.0. The van der Waals surface area contributed by atoms with Crippen molar-refractivity contribution in [3.63, 3.8) is 0 Å². The minimum Gasteiger partial charge on any atom is -0.476 e. The van der Waals surface area contributed by atoms with Gasteiger partial charge >= 0.3 is 5.97 Å². The number of aromatic nitrogens is 1. The number of nitrogens with zero attached hydrogens (tertiary/aromatic N) is 3. The van der Waals surface area contributed by atoms with Crippen LogP contribution in [0, 0.1) is 0 Å². The van der Waals surface area contributed by atoms with Crippen molar-refractivity contribution < 1.29 is 14.7 Å². The Kier molecular flexibility index (Phi) is 5.21. The fourth-order valence-corrected chi connectivity index (χ4v) is 2.23. The zero-order valence-corrected chi connectivity index (χ0v) is 12.8. The molecule has 0 spiro atoms. The predicted octanol–water partition coefficient (Wildman–Crippen LogP) is 2.41. The van der Waals surface area contributed by atoms with E-state index >= 15 is 0 Å². The van der Waals surface area contributed by atoms with Gasteiger partial charge in [0.15, 0.2) is 0 Å². The van der Waals surface area contributed by atoms with Crippen molar-refractivity contribution in [3.8, 4) is 0 Å². The highest BCUT2D eigenvalue weighted by Crippen LogP contribution is 2.16. The SMILES string of the molecule is CO/N=C(\C(=O)O)c1csc(N/N=C(/C)c2ccccc2)n1. The maximum Gasteiger partial charge on any atom is 0.360 e. The van der Waals surface area contributed by atoms with Crippen LogP contribution in [-0.4, -0.2) is 34.6 Å². The predicted molar refractivity (Wildman–Crippen MR) is 85.6 cm³/mol. The number of carbonyl (C=O) groups is 1. The molecule has 22 heavy (non-hydrogen) atoms. The number of hydrazone groups is 1. The molecule has 0 aliphatic carbocycles. The minimum atomic E-state index is -1.21. The standard InChI is InChI=1S/C14H14N4O3S/c1-9(10-6-4-3-5-7-10)16-17-14-15-11(8-22-14)12(13(19)20)18-21-2/h3-8H,1-2H3,(H,15,17)(H,19,20)/b16-9-,18-12-. The molecule has 0 atom stereocenters. The molecule has 0 aliphatic rings. The maximum absolute atomic E-state index is 11.1. The van der Waals surface area contributed by atoms with E-state index in [1.807, 2.05) is 37.3 Å². The highest BCUT2D eigenvalue weighted by Gasteiger charge is 2.17. The third-order valence-electron chi connectivity index (χ3n) is 2.64. The second-order valence-electron chi connectivity index (χ2n) is 4.14. The lowest BCUT2D eigenvalue weighted by atomic mass is 10.1. The van der Waals surface area contributed by atoms with Gasteiger partial charge in [-0.05, 0) is 12.5 Å². The second-order valence-corrected chi connectivity index (χ2v) is 5.00. The smallest absolute Gasteiger partial charge is 0.360 e. The topological polar surface area (TPSA) is 96.2 Å². The van der Waals surface area contributed by atoms with E-state index in [-0.39, 0.29) is 11.4 Å². The highest BCUT2D eigenvalue weighted by atomic mass is 32.1. The van der Waals surface area contributed by atoms with Gasteiger partial charge in [0.05, 0.1) is 5.71 Å². The van der Waals surface area contributed by atoms with E-state index in [0.29, 0.717) is 5.13 Å². The van der Waals surface area contributed by atoms with Gasteiger partial charge in [0, 0.05) is 5.38 Å². The molecular formula is C14H14N4O3S. The molecule has 0 aliphatic heterocycles. The second kappa shape index (κ2) is 7.32. The molecule has 0 bridgehead atoms. The van der Waals surface area contributed by atoms with E-state index in [0.717, 1.165) is 11.3 Å². The fourth-order valence-electron chi connectivity index (χ4n) is 1.60. The molecule has 114 valence electrons. The Morgan fingerprint density at radius 3 is 2.73 bits per heavy atom. The Balaban J connectivity index is 2.13. The number of anilines is 1. The maximum atomic E-state index is 11.1. The van der Waals surface area contributed by atoms with Crippen LogP contribution in [0.2, 0.25) is 0 Å². The summed E-state index contributed by atoms with van der Waals surface area (Å²) in [6.45, 7) is 1.87. The van der Waals surface area contributed by atoms with Crippen LogP contribution in [0.25, 0.3) is 0 Å². The summed E-state index contributed by atoms with van der Waals surface area (Å²) in [4.78, 5) is 19.7. The van der Waals surface area contributed by atoms with Crippen LogP contribution in [0.3, 0.4) is 0 Å². The monoisotopic (exact) mass is 318 g/mol. The highest BCUT2D eigenvalue weighted by molar-refractivity contribution is 7.14. The van der Waals surface area contributed by atoms with Crippen molar-refractivity contribution in [1.82, 2.24) is 4.98 Å². The van der Waals surface area contributed by atoms with Gasteiger partial charge in [-0.2, -0.15) is 5.10 Å². The van der Waals surface area contributed by atoms with Crippen LogP contribution < -0.4 is 5.43 Å². The van der Waals surface area contributed by atoms with E-state index < -0.39 is 5.97 Å². The summed E-state index contributed by atoms with van der Waals surface area (Å²) in [5, 5.41) is 18.8. The average molecular weight is 318 g/mol. The van der Waals surface area contributed by atoms with Gasteiger partial charge in [-0.25, -0.2) is 9.78 Å². The zero-order chi connectivity index (χ0) is 15.9. The van der Waals surface area contributed by atoms with Gasteiger partial charge in [-0.3, -0.25) is 5.43 Å². The van der Waals surface area contributed by atoms with E-state index in [9.17, 15) is 4.79 Å². The molecule has 1 heterocycles. The molecule has 2 rings (SSSR count). The summed E-state index contributed by atoms with van der Waals surface area (Å²) in [5.74, 6) is -1.21. The number of hydrogen-bond donors (Lipinski definition) is 2. The molecule has 8 heteroatoms. The van der Waals surface area contributed by atoms with Crippen molar-refractivity contribution in [2.75, 3.05) is 12.5 Å². The van der Waals surface area contributed by atoms with Gasteiger partial charge in [-0.1, -0.05) is 35.5 Å². The molecule has 2 N–H and O–H groups in total. The molecule has 1 aromatic carbocycles. The average Bonchev–Trinajstić information content (AvgIpc) is 2.99. The summed E-state index contributed by atoms with van der Waals surface area (Å²) in [6.07, 6.45) is 0. The number of oxime groups is 1. The summed E-state index contributed by atoms with van der Waals surface area (Å²) >= 11 is 1.23. The molecule has 7 nitrogen and oxygen atoms in total. The molecule has 1 aromatic heterocycles. The van der Waals surface area contributed by atoms with E-state index in [1.165, 1.54) is 18.4 Å². The van der Waals surface area contributed by atoms with E-state index in [1.54, 1.807) is 5.38 Å². The summed E-state index contributed by atoms with van der Waals surface area (Å²) in [6, 6.07) is 9.68. The Hall–Kier alpha value is -2.74. The van der Waals surface area contributed by atoms with Gasteiger partial charge in [0.1, 0.15) is 12.8 Å². The van der Waals surface area contributed by atoms with Crippen LogP contribution in [0.15, 0.2) is 46.0 Å². The Bertz CT molecular complexity index is 710. The lowest BCUT2D eigenvalue weighted by molar-refractivity contribution is -0.129. The van der Waals surface area contributed by atoms with Crippen LogP contribution in [0.4, 0.5) is 5.13 Å². The number of nitrogens with one attached hydrogen (secondary N) is 1. The number of hydrogen-bond acceptors (Lipinski definition) is 7. The number of carboxylic acids is 1. The molecule has 0 saturated heterocycles. The fraction of sp³-hybridized carbons (Fsp3) is 0.143. The quantitative estimate of drug-likeness (QED) is 0.630. The van der Waals surface area contributed by atoms with Gasteiger partial charge in [0.25, 0.3) is 0 Å². The number of aliphatic carboxylic acids is 1. The molecule has 0 unspecified atom stereocenters. The molecule has 2 aromatic rings. The number of carboxylic acid groups (broad SMARTS) is 1. The first-order valence-corrected chi connectivity index (χ1v) is 7.16. The van der Waals surface area contributed by atoms with E-state index in [4.69, 9.17) is 5.11 Å². The lowest BCUT2D eigenvalue weighted by Crippen LogP contribution is -2.15.